The van der Waals surface area contributed by atoms with Crippen LogP contribution in [-0.4, -0.2) is 26.3 Å². The lowest BCUT2D eigenvalue weighted by Gasteiger charge is -2.02. The van der Waals surface area contributed by atoms with Crippen molar-refractivity contribution in [1.29, 1.82) is 0 Å². The number of nitro groups is 1. The second kappa shape index (κ2) is 4.78. The zero-order valence-corrected chi connectivity index (χ0v) is 8.90. The smallest absolute Gasteiger partial charge is 0.342 e. The highest BCUT2D eigenvalue weighted by molar-refractivity contribution is 7.96. The van der Waals surface area contributed by atoms with E-state index in [9.17, 15) is 14.9 Å². The molecule has 15 heavy (non-hydrogen) atoms. The van der Waals surface area contributed by atoms with Crippen molar-refractivity contribution in [2.24, 2.45) is 0 Å². The van der Waals surface area contributed by atoms with E-state index in [2.05, 4.69) is 22.9 Å². The minimum absolute atomic E-state index is 0.0825. The molecule has 0 bridgehead atoms. The topological polar surface area (TPSA) is 90.1 Å². The van der Waals surface area contributed by atoms with E-state index in [1.807, 2.05) is 0 Å². The summed E-state index contributed by atoms with van der Waals surface area (Å²) in [4.78, 5) is 24.4. The van der Waals surface area contributed by atoms with Gasteiger partial charge in [-0.3, -0.25) is 4.79 Å². The standard InChI is InChI=1S/C7H10N4O3S/c1-5-9-4-6(11(13)14)10(5)3-2-8-7(12)15/h4H,2-3H2,1H3,(H2,8,12,15). The molecule has 0 atom stereocenters. The number of imidazole rings is 1. The van der Waals surface area contributed by atoms with Crippen molar-refractivity contribution in [3.63, 3.8) is 0 Å². The zero-order chi connectivity index (χ0) is 11.4. The van der Waals surface area contributed by atoms with Crippen molar-refractivity contribution in [2.75, 3.05) is 6.54 Å². The van der Waals surface area contributed by atoms with Gasteiger partial charge in [0.1, 0.15) is 12.7 Å². The van der Waals surface area contributed by atoms with Gasteiger partial charge in [0.25, 0.3) is 5.24 Å². The Morgan fingerprint density at radius 1 is 1.80 bits per heavy atom. The Morgan fingerprint density at radius 3 is 3.00 bits per heavy atom. The van der Waals surface area contributed by atoms with E-state index in [1.165, 1.54) is 10.8 Å². The largest absolute Gasteiger partial charge is 0.358 e. The molecule has 82 valence electrons. The Kier molecular flexibility index (Phi) is 3.67. The van der Waals surface area contributed by atoms with E-state index in [1.54, 1.807) is 6.92 Å². The highest BCUT2D eigenvalue weighted by atomic mass is 32.1. The van der Waals surface area contributed by atoms with E-state index >= 15 is 0 Å². The number of rotatable bonds is 4. The first kappa shape index (κ1) is 11.5. The number of amides is 1. The average molecular weight is 230 g/mol. The first-order valence-corrected chi connectivity index (χ1v) is 4.60. The molecule has 0 saturated heterocycles. The number of hydrogen-bond donors (Lipinski definition) is 2. The number of nitrogens with one attached hydrogen (secondary N) is 1. The number of nitrogens with zero attached hydrogens (tertiary/aromatic N) is 3. The Morgan fingerprint density at radius 2 is 2.47 bits per heavy atom. The molecule has 0 aliphatic carbocycles. The second-order valence-corrected chi connectivity index (χ2v) is 3.21. The number of carbonyl (C=O) groups excluding carboxylic acids is 1. The minimum Gasteiger partial charge on any atom is -0.358 e. The Bertz CT molecular complexity index is 390. The fourth-order valence-electron chi connectivity index (χ4n) is 1.15. The van der Waals surface area contributed by atoms with Crippen molar-refractivity contribution in [3.8, 4) is 0 Å². The summed E-state index contributed by atoms with van der Waals surface area (Å²) in [6, 6.07) is 0. The molecule has 8 heteroatoms. The van der Waals surface area contributed by atoms with Crippen LogP contribution in [0.1, 0.15) is 5.82 Å². The lowest BCUT2D eigenvalue weighted by atomic mass is 10.5. The third-order valence-corrected chi connectivity index (χ3v) is 1.99. The summed E-state index contributed by atoms with van der Waals surface area (Å²) in [6.45, 7) is 2.24. The van der Waals surface area contributed by atoms with Crippen molar-refractivity contribution in [2.45, 2.75) is 13.5 Å². The number of carbonyl (C=O) groups is 1. The fraction of sp³-hybridized carbons (Fsp3) is 0.429. The summed E-state index contributed by atoms with van der Waals surface area (Å²) in [6.07, 6.45) is 1.19. The molecule has 0 aliphatic heterocycles. The van der Waals surface area contributed by atoms with Crippen LogP contribution in [0, 0.1) is 17.0 Å². The first-order chi connectivity index (χ1) is 7.02. The van der Waals surface area contributed by atoms with Crippen LogP contribution >= 0.6 is 12.6 Å². The molecular weight excluding hydrogens is 220 g/mol. The van der Waals surface area contributed by atoms with Gasteiger partial charge in [0, 0.05) is 6.92 Å². The zero-order valence-electron chi connectivity index (χ0n) is 8.01. The normalized spacial score (nSPS) is 10.0. The van der Waals surface area contributed by atoms with Gasteiger partial charge >= 0.3 is 5.82 Å². The molecule has 7 nitrogen and oxygen atoms in total. The van der Waals surface area contributed by atoms with Crippen molar-refractivity contribution >= 4 is 23.7 Å². The van der Waals surface area contributed by atoms with Crippen LogP contribution in [0.15, 0.2) is 6.20 Å². The van der Waals surface area contributed by atoms with E-state index in [4.69, 9.17) is 0 Å². The number of aryl methyl sites for hydroxylation is 1. The molecule has 0 saturated carbocycles. The van der Waals surface area contributed by atoms with Crippen LogP contribution in [0.25, 0.3) is 0 Å². The number of thiol groups is 1. The van der Waals surface area contributed by atoms with E-state index in [0.717, 1.165) is 0 Å². The molecule has 1 rings (SSSR count). The van der Waals surface area contributed by atoms with Gasteiger partial charge in [-0.1, -0.05) is 12.6 Å². The van der Waals surface area contributed by atoms with Gasteiger partial charge in [0.15, 0.2) is 5.82 Å². The van der Waals surface area contributed by atoms with E-state index in [-0.39, 0.29) is 12.4 Å². The molecule has 1 aromatic heterocycles. The van der Waals surface area contributed by atoms with Gasteiger partial charge in [0.2, 0.25) is 0 Å². The summed E-state index contributed by atoms with van der Waals surface area (Å²) in [7, 11) is 0. The lowest BCUT2D eigenvalue weighted by molar-refractivity contribution is -0.392. The molecule has 0 aliphatic rings. The summed E-state index contributed by atoms with van der Waals surface area (Å²) < 4.78 is 1.42. The third kappa shape index (κ3) is 2.94. The summed E-state index contributed by atoms with van der Waals surface area (Å²) in [5, 5.41) is 12.5. The molecular formula is C7H10N4O3S. The Balaban J connectivity index is 2.70. The highest BCUT2D eigenvalue weighted by Crippen LogP contribution is 2.12. The quantitative estimate of drug-likeness (QED) is 0.453. The molecule has 0 fully saturated rings. The first-order valence-electron chi connectivity index (χ1n) is 4.15. The summed E-state index contributed by atoms with van der Waals surface area (Å²) in [5.74, 6) is 0.455. The van der Waals surface area contributed by atoms with Crippen molar-refractivity contribution < 1.29 is 9.72 Å². The van der Waals surface area contributed by atoms with Gasteiger partial charge in [0.05, 0.1) is 6.54 Å². The van der Waals surface area contributed by atoms with Crippen LogP contribution in [0.3, 0.4) is 0 Å². The molecule has 0 spiro atoms. The third-order valence-electron chi connectivity index (χ3n) is 1.83. The van der Waals surface area contributed by atoms with Gasteiger partial charge in [-0.2, -0.15) is 0 Å². The van der Waals surface area contributed by atoms with Crippen LogP contribution < -0.4 is 5.32 Å². The summed E-state index contributed by atoms with van der Waals surface area (Å²) >= 11 is 3.51. The van der Waals surface area contributed by atoms with E-state index in [0.29, 0.717) is 12.4 Å². The maximum absolute atomic E-state index is 10.6. The predicted octanol–water partition coefficient (Wildman–Crippen LogP) is 0.739. The van der Waals surface area contributed by atoms with Crippen LogP contribution in [0.4, 0.5) is 10.6 Å². The monoisotopic (exact) mass is 230 g/mol. The van der Waals surface area contributed by atoms with Gasteiger partial charge in [-0.05, 0) is 4.92 Å². The van der Waals surface area contributed by atoms with Gasteiger partial charge in [-0.15, -0.1) is 0 Å². The molecule has 0 radical (unpaired) electrons. The Labute approximate surface area is 91.0 Å². The number of aromatic nitrogens is 2. The van der Waals surface area contributed by atoms with Crippen LogP contribution in [0.5, 0.6) is 0 Å². The SMILES string of the molecule is Cc1ncc([N+](=O)[O-])n1CCNC(=O)S. The van der Waals surface area contributed by atoms with Crippen molar-refractivity contribution in [3.05, 3.63) is 22.1 Å². The van der Waals surface area contributed by atoms with Gasteiger partial charge in [-0.25, -0.2) is 9.55 Å². The molecule has 0 aromatic carbocycles. The molecule has 1 amide bonds. The second-order valence-electron chi connectivity index (χ2n) is 2.80. The molecule has 1 heterocycles. The maximum Gasteiger partial charge on any atom is 0.342 e. The average Bonchev–Trinajstić information content (AvgIpc) is 2.47. The van der Waals surface area contributed by atoms with Gasteiger partial charge < -0.3 is 15.4 Å². The van der Waals surface area contributed by atoms with Crippen LogP contribution in [-0.2, 0) is 6.54 Å². The molecule has 1 N–H and O–H groups in total. The molecule has 1 aromatic rings. The highest BCUT2D eigenvalue weighted by Gasteiger charge is 2.16. The Hall–Kier alpha value is -1.57. The predicted molar refractivity (Wildman–Crippen MR) is 56.0 cm³/mol. The minimum atomic E-state index is -0.511. The van der Waals surface area contributed by atoms with Crippen molar-refractivity contribution in [1.82, 2.24) is 14.9 Å². The fourth-order valence-corrected chi connectivity index (χ4v) is 1.26. The molecule has 0 unspecified atom stereocenters. The number of hydrogen-bond acceptors (Lipinski definition) is 4. The van der Waals surface area contributed by atoms with E-state index < -0.39 is 10.2 Å². The lowest BCUT2D eigenvalue weighted by Crippen LogP contribution is -2.23. The van der Waals surface area contributed by atoms with Crippen LogP contribution in [0.2, 0.25) is 0 Å². The summed E-state index contributed by atoms with van der Waals surface area (Å²) in [5.41, 5.74) is 0. The maximum atomic E-state index is 10.6.